The van der Waals surface area contributed by atoms with Crippen LogP contribution in [0, 0.1) is 0 Å². The molecule has 0 aliphatic heterocycles. The zero-order chi connectivity index (χ0) is 23.8. The van der Waals surface area contributed by atoms with Crippen molar-refractivity contribution in [2.45, 2.75) is 13.0 Å². The van der Waals surface area contributed by atoms with Crippen LogP contribution in [-0.4, -0.2) is 18.1 Å². The van der Waals surface area contributed by atoms with Gasteiger partial charge in [0.2, 0.25) is 5.91 Å². The van der Waals surface area contributed by atoms with Crippen molar-refractivity contribution in [3.8, 4) is 22.6 Å². The average Bonchev–Trinajstić information content (AvgIpc) is 2.88. The highest BCUT2D eigenvalue weighted by molar-refractivity contribution is 5.83. The van der Waals surface area contributed by atoms with E-state index in [1.807, 2.05) is 72.8 Å². The molecule has 0 heterocycles. The summed E-state index contributed by atoms with van der Waals surface area (Å²) in [7, 11) is 1.63. The highest BCUT2D eigenvalue weighted by Gasteiger charge is 2.10. The smallest absolute Gasteiger partial charge is 0.224 e. The first-order valence-corrected chi connectivity index (χ1v) is 11.2. The van der Waals surface area contributed by atoms with Crippen LogP contribution in [0.1, 0.15) is 22.3 Å². The number of phenolic OH excluding ortho intramolecular Hbond substituents is 1. The van der Waals surface area contributed by atoms with Crippen LogP contribution in [0.25, 0.3) is 23.3 Å². The van der Waals surface area contributed by atoms with Crippen LogP contribution in [0.2, 0.25) is 0 Å². The van der Waals surface area contributed by atoms with Gasteiger partial charge >= 0.3 is 0 Å². The van der Waals surface area contributed by atoms with Gasteiger partial charge in [0.05, 0.1) is 13.5 Å². The predicted molar refractivity (Wildman–Crippen MR) is 137 cm³/mol. The van der Waals surface area contributed by atoms with Gasteiger partial charge < -0.3 is 15.2 Å². The van der Waals surface area contributed by atoms with Gasteiger partial charge in [0.25, 0.3) is 0 Å². The van der Waals surface area contributed by atoms with Gasteiger partial charge in [0.15, 0.2) is 0 Å². The van der Waals surface area contributed by atoms with Gasteiger partial charge in [-0.15, -0.1) is 0 Å². The molecule has 1 amide bonds. The summed E-state index contributed by atoms with van der Waals surface area (Å²) in [5.74, 6) is 0.997. The standard InChI is InChI=1S/C30H27NO3/c1-34-27-18-13-23(14-19-27)20-30(33)31-21-25-7-3-5-9-29(25)28-8-4-2-6-24(28)15-10-22-11-16-26(32)17-12-22/h2-19,32H,20-21H2,1H3,(H,31,33). The SMILES string of the molecule is COc1ccc(CC(=O)NCc2ccccc2-c2ccccc2C=Cc2ccc(O)cc2)cc1. The summed E-state index contributed by atoms with van der Waals surface area (Å²) in [6.45, 7) is 0.446. The number of aromatic hydroxyl groups is 1. The molecule has 0 saturated heterocycles. The number of amides is 1. The first-order valence-electron chi connectivity index (χ1n) is 11.2. The van der Waals surface area contributed by atoms with E-state index in [0.717, 1.165) is 39.1 Å². The molecular weight excluding hydrogens is 422 g/mol. The lowest BCUT2D eigenvalue weighted by molar-refractivity contribution is -0.120. The third-order valence-corrected chi connectivity index (χ3v) is 5.62. The monoisotopic (exact) mass is 449 g/mol. The number of carbonyl (C=O) groups is 1. The Balaban J connectivity index is 1.50. The number of rotatable bonds is 8. The van der Waals surface area contributed by atoms with Crippen molar-refractivity contribution in [1.82, 2.24) is 5.32 Å². The Morgan fingerprint density at radius 3 is 2.24 bits per heavy atom. The molecule has 4 nitrogen and oxygen atoms in total. The summed E-state index contributed by atoms with van der Waals surface area (Å²) in [5.41, 5.74) is 6.25. The lowest BCUT2D eigenvalue weighted by Gasteiger charge is -2.13. The van der Waals surface area contributed by atoms with Crippen molar-refractivity contribution < 1.29 is 14.6 Å². The second kappa shape index (κ2) is 11.0. The largest absolute Gasteiger partial charge is 0.508 e. The molecule has 0 aromatic heterocycles. The normalized spacial score (nSPS) is 10.9. The summed E-state index contributed by atoms with van der Waals surface area (Å²) in [4.78, 5) is 12.6. The van der Waals surface area contributed by atoms with Crippen LogP contribution in [0.5, 0.6) is 11.5 Å². The summed E-state index contributed by atoms with van der Waals surface area (Å²) >= 11 is 0. The summed E-state index contributed by atoms with van der Waals surface area (Å²) in [6.07, 6.45) is 4.41. The van der Waals surface area contributed by atoms with Crippen LogP contribution >= 0.6 is 0 Å². The number of ether oxygens (including phenoxy) is 1. The molecule has 0 unspecified atom stereocenters. The molecular formula is C30H27NO3. The molecule has 4 aromatic rings. The fraction of sp³-hybridized carbons (Fsp3) is 0.100. The van der Waals surface area contributed by atoms with E-state index in [0.29, 0.717) is 13.0 Å². The molecule has 34 heavy (non-hydrogen) atoms. The number of hydrogen-bond donors (Lipinski definition) is 2. The average molecular weight is 450 g/mol. The minimum Gasteiger partial charge on any atom is -0.508 e. The van der Waals surface area contributed by atoms with E-state index in [4.69, 9.17) is 4.74 Å². The van der Waals surface area contributed by atoms with Crippen molar-refractivity contribution in [3.05, 3.63) is 119 Å². The predicted octanol–water partition coefficient (Wildman–Crippen LogP) is 6.10. The lowest BCUT2D eigenvalue weighted by atomic mass is 9.94. The fourth-order valence-corrected chi connectivity index (χ4v) is 3.78. The third-order valence-electron chi connectivity index (χ3n) is 5.62. The van der Waals surface area contributed by atoms with E-state index in [1.165, 1.54) is 0 Å². The van der Waals surface area contributed by atoms with Gasteiger partial charge in [0, 0.05) is 6.54 Å². The number of carbonyl (C=O) groups excluding carboxylic acids is 1. The Bertz CT molecular complexity index is 1280. The summed E-state index contributed by atoms with van der Waals surface area (Å²) in [5, 5.41) is 12.6. The van der Waals surface area contributed by atoms with E-state index in [-0.39, 0.29) is 11.7 Å². The van der Waals surface area contributed by atoms with Gasteiger partial charge in [0.1, 0.15) is 11.5 Å². The Hall–Kier alpha value is -4.31. The Labute approximate surface area is 200 Å². The van der Waals surface area contributed by atoms with Gasteiger partial charge in [-0.2, -0.15) is 0 Å². The van der Waals surface area contributed by atoms with Crippen LogP contribution in [0.3, 0.4) is 0 Å². The van der Waals surface area contributed by atoms with E-state index in [1.54, 1.807) is 19.2 Å². The molecule has 0 aliphatic rings. The maximum absolute atomic E-state index is 12.6. The van der Waals surface area contributed by atoms with E-state index in [2.05, 4.69) is 29.6 Å². The number of hydrogen-bond acceptors (Lipinski definition) is 3. The van der Waals surface area contributed by atoms with Gasteiger partial charge in [-0.25, -0.2) is 0 Å². The van der Waals surface area contributed by atoms with E-state index < -0.39 is 0 Å². The molecule has 0 spiro atoms. The van der Waals surface area contributed by atoms with E-state index in [9.17, 15) is 9.90 Å². The summed E-state index contributed by atoms with van der Waals surface area (Å²) < 4.78 is 5.18. The molecule has 0 aliphatic carbocycles. The second-order valence-electron chi connectivity index (χ2n) is 7.97. The maximum Gasteiger partial charge on any atom is 0.224 e. The quantitative estimate of drug-likeness (QED) is 0.320. The molecule has 0 fully saturated rings. The van der Waals surface area contributed by atoms with E-state index >= 15 is 0 Å². The molecule has 0 bridgehead atoms. The van der Waals surface area contributed by atoms with Crippen molar-refractivity contribution >= 4 is 18.1 Å². The Morgan fingerprint density at radius 2 is 1.50 bits per heavy atom. The number of nitrogens with one attached hydrogen (secondary N) is 1. The van der Waals surface area contributed by atoms with Crippen LogP contribution in [-0.2, 0) is 17.8 Å². The van der Waals surface area contributed by atoms with Crippen molar-refractivity contribution in [2.24, 2.45) is 0 Å². The fourth-order valence-electron chi connectivity index (χ4n) is 3.78. The van der Waals surface area contributed by atoms with Crippen LogP contribution < -0.4 is 10.1 Å². The minimum atomic E-state index is -0.0273. The molecule has 0 radical (unpaired) electrons. The van der Waals surface area contributed by atoms with Crippen molar-refractivity contribution in [2.75, 3.05) is 7.11 Å². The molecule has 0 atom stereocenters. The van der Waals surface area contributed by atoms with Crippen LogP contribution in [0.15, 0.2) is 97.1 Å². The third kappa shape index (κ3) is 5.93. The molecule has 0 saturated carbocycles. The summed E-state index contributed by atoms with van der Waals surface area (Å²) in [6, 6.07) is 31.0. The highest BCUT2D eigenvalue weighted by Crippen LogP contribution is 2.29. The topological polar surface area (TPSA) is 58.6 Å². The van der Waals surface area contributed by atoms with Gasteiger partial charge in [-0.3, -0.25) is 4.79 Å². The zero-order valence-corrected chi connectivity index (χ0v) is 19.1. The number of methoxy groups -OCH3 is 1. The molecule has 4 rings (SSSR count). The Morgan fingerprint density at radius 1 is 0.824 bits per heavy atom. The Kier molecular flexibility index (Phi) is 7.41. The number of benzene rings is 4. The maximum atomic E-state index is 12.6. The lowest BCUT2D eigenvalue weighted by Crippen LogP contribution is -2.24. The van der Waals surface area contributed by atoms with Gasteiger partial charge in [-0.05, 0) is 57.6 Å². The highest BCUT2D eigenvalue weighted by atomic mass is 16.5. The minimum absolute atomic E-state index is 0.0273. The van der Waals surface area contributed by atoms with Gasteiger partial charge in [-0.1, -0.05) is 84.9 Å². The molecule has 4 heteroatoms. The second-order valence-corrected chi connectivity index (χ2v) is 7.97. The first-order chi connectivity index (χ1) is 16.6. The molecule has 170 valence electrons. The number of phenols is 1. The molecule has 4 aromatic carbocycles. The molecule has 2 N–H and O–H groups in total. The van der Waals surface area contributed by atoms with Crippen LogP contribution in [0.4, 0.5) is 0 Å². The first kappa shape index (κ1) is 22.9. The zero-order valence-electron chi connectivity index (χ0n) is 19.1. The van der Waals surface area contributed by atoms with Crippen molar-refractivity contribution in [3.63, 3.8) is 0 Å². The van der Waals surface area contributed by atoms with Crippen molar-refractivity contribution in [1.29, 1.82) is 0 Å².